The van der Waals surface area contributed by atoms with Crippen molar-refractivity contribution in [1.29, 1.82) is 0 Å². The molecular weight excluding hydrogens is 281 g/mol. The Balaban J connectivity index is 2.26. The van der Waals surface area contributed by atoms with Crippen LogP contribution < -0.4 is 11.1 Å². The third kappa shape index (κ3) is 3.11. The molecule has 0 unspecified atom stereocenters. The third-order valence-electron chi connectivity index (χ3n) is 2.79. The summed E-state index contributed by atoms with van der Waals surface area (Å²) in [4.78, 5) is 12.2. The van der Waals surface area contributed by atoms with Crippen molar-refractivity contribution in [3.05, 3.63) is 47.0 Å². The van der Waals surface area contributed by atoms with Gasteiger partial charge in [-0.2, -0.15) is 0 Å². The molecule has 0 fully saturated rings. The van der Waals surface area contributed by atoms with E-state index in [0.717, 1.165) is 6.42 Å². The normalized spacial score (nSPS) is 10.6. The lowest BCUT2D eigenvalue weighted by Crippen LogP contribution is -2.17. The molecule has 0 spiro atoms. The van der Waals surface area contributed by atoms with Crippen LogP contribution in [-0.2, 0) is 6.54 Å². The summed E-state index contributed by atoms with van der Waals surface area (Å²) in [6.07, 6.45) is 2.57. The van der Waals surface area contributed by atoms with E-state index in [1.165, 1.54) is 18.2 Å². The van der Waals surface area contributed by atoms with E-state index in [9.17, 15) is 9.18 Å². The van der Waals surface area contributed by atoms with Gasteiger partial charge in [-0.15, -0.1) is 0 Å². The van der Waals surface area contributed by atoms with E-state index < -0.39 is 5.82 Å². The number of carbonyl (C=O) groups excluding carboxylic acids is 1. The highest BCUT2D eigenvalue weighted by molar-refractivity contribution is 6.33. The summed E-state index contributed by atoms with van der Waals surface area (Å²) >= 11 is 5.92. The van der Waals surface area contributed by atoms with Crippen LogP contribution in [0.2, 0.25) is 5.02 Å². The van der Waals surface area contributed by atoms with Gasteiger partial charge in [0.2, 0.25) is 0 Å². The van der Waals surface area contributed by atoms with Crippen molar-refractivity contribution in [3.8, 4) is 0 Å². The molecule has 1 aromatic carbocycles. The van der Waals surface area contributed by atoms with Crippen molar-refractivity contribution < 1.29 is 9.18 Å². The van der Waals surface area contributed by atoms with Gasteiger partial charge in [0.05, 0.1) is 16.4 Å². The van der Waals surface area contributed by atoms with E-state index in [1.807, 2.05) is 6.92 Å². The molecule has 0 saturated carbocycles. The molecule has 3 N–H and O–H groups in total. The van der Waals surface area contributed by atoms with Gasteiger partial charge in [-0.25, -0.2) is 4.39 Å². The third-order valence-corrected chi connectivity index (χ3v) is 3.12. The van der Waals surface area contributed by atoms with Crippen molar-refractivity contribution in [1.82, 2.24) is 4.57 Å². The summed E-state index contributed by atoms with van der Waals surface area (Å²) < 4.78 is 14.9. The molecule has 106 valence electrons. The average Bonchev–Trinajstić information content (AvgIpc) is 2.75. The lowest BCUT2D eigenvalue weighted by atomic mass is 10.3. The van der Waals surface area contributed by atoms with Gasteiger partial charge in [-0.3, -0.25) is 4.79 Å². The summed E-state index contributed by atoms with van der Waals surface area (Å²) in [5.41, 5.74) is 6.87. The zero-order chi connectivity index (χ0) is 14.7. The zero-order valence-electron chi connectivity index (χ0n) is 11.0. The second kappa shape index (κ2) is 5.96. The molecule has 0 atom stereocenters. The molecule has 0 aliphatic rings. The largest absolute Gasteiger partial charge is 0.397 e. The monoisotopic (exact) mass is 295 g/mol. The summed E-state index contributed by atoms with van der Waals surface area (Å²) in [5, 5.41) is 2.87. The fourth-order valence-corrected chi connectivity index (χ4v) is 2.09. The fourth-order valence-electron chi connectivity index (χ4n) is 1.93. The molecule has 2 aromatic rings. The van der Waals surface area contributed by atoms with E-state index in [0.29, 0.717) is 17.9 Å². The first-order chi connectivity index (χ1) is 9.51. The Hall–Kier alpha value is -2.01. The van der Waals surface area contributed by atoms with Crippen LogP contribution in [0.15, 0.2) is 30.5 Å². The molecule has 6 heteroatoms. The van der Waals surface area contributed by atoms with E-state index in [2.05, 4.69) is 5.32 Å². The number of nitrogens with one attached hydrogen (secondary N) is 1. The Kier molecular flexibility index (Phi) is 4.29. The van der Waals surface area contributed by atoms with Gasteiger partial charge in [-0.1, -0.05) is 18.5 Å². The molecular formula is C14H15ClFN3O. The van der Waals surface area contributed by atoms with Gasteiger partial charge in [0.1, 0.15) is 11.5 Å². The number of rotatable bonds is 4. The predicted octanol–water partition coefficient (Wildman–Crippen LogP) is 3.53. The number of aryl methyl sites for hydroxylation is 1. The predicted molar refractivity (Wildman–Crippen MR) is 78.5 cm³/mol. The van der Waals surface area contributed by atoms with Crippen molar-refractivity contribution in [2.45, 2.75) is 19.9 Å². The van der Waals surface area contributed by atoms with Gasteiger partial charge >= 0.3 is 0 Å². The maximum absolute atomic E-state index is 13.2. The van der Waals surface area contributed by atoms with Crippen LogP contribution in [0.4, 0.5) is 15.8 Å². The van der Waals surface area contributed by atoms with Gasteiger partial charge in [0.15, 0.2) is 0 Å². The highest BCUT2D eigenvalue weighted by Crippen LogP contribution is 2.23. The van der Waals surface area contributed by atoms with Gasteiger partial charge < -0.3 is 15.6 Å². The summed E-state index contributed by atoms with van der Waals surface area (Å²) in [6.45, 7) is 2.68. The SMILES string of the molecule is CCCn1cc(N)cc1C(=O)Nc1cc(F)ccc1Cl. The number of halogens is 2. The standard InChI is InChI=1S/C14H15ClFN3O/c1-2-5-19-8-10(17)7-13(19)14(20)18-12-6-9(16)3-4-11(12)15/h3-4,6-8H,2,5,17H2,1H3,(H,18,20). The minimum absolute atomic E-state index is 0.236. The first-order valence-corrected chi connectivity index (χ1v) is 6.61. The second-order valence-corrected chi connectivity index (χ2v) is 4.84. The van der Waals surface area contributed by atoms with E-state index in [4.69, 9.17) is 17.3 Å². The molecule has 0 aliphatic carbocycles. The number of nitrogen functional groups attached to an aromatic ring is 1. The molecule has 0 bridgehead atoms. The summed E-state index contributed by atoms with van der Waals surface area (Å²) in [5.74, 6) is -0.837. The smallest absolute Gasteiger partial charge is 0.272 e. The van der Waals surface area contributed by atoms with Crippen LogP contribution in [0, 0.1) is 5.82 Å². The van der Waals surface area contributed by atoms with Crippen LogP contribution in [0.3, 0.4) is 0 Å². The molecule has 1 aromatic heterocycles. The Morgan fingerprint density at radius 2 is 2.20 bits per heavy atom. The number of anilines is 2. The first kappa shape index (κ1) is 14.4. The summed E-state index contributed by atoms with van der Waals surface area (Å²) in [6, 6.07) is 5.39. The molecule has 0 aliphatic heterocycles. The van der Waals surface area contributed by atoms with Crippen LogP contribution in [0.25, 0.3) is 0 Å². The van der Waals surface area contributed by atoms with Gasteiger partial charge in [0.25, 0.3) is 5.91 Å². The fraction of sp³-hybridized carbons (Fsp3) is 0.214. The Morgan fingerprint density at radius 3 is 2.90 bits per heavy atom. The topological polar surface area (TPSA) is 60.0 Å². The minimum Gasteiger partial charge on any atom is -0.397 e. The second-order valence-electron chi connectivity index (χ2n) is 4.43. The molecule has 4 nitrogen and oxygen atoms in total. The average molecular weight is 296 g/mol. The molecule has 20 heavy (non-hydrogen) atoms. The lowest BCUT2D eigenvalue weighted by Gasteiger charge is -2.09. The Labute approximate surface area is 121 Å². The quantitative estimate of drug-likeness (QED) is 0.906. The molecule has 2 rings (SSSR count). The van der Waals surface area contributed by atoms with Crippen LogP contribution in [0.5, 0.6) is 0 Å². The number of nitrogens with two attached hydrogens (primary N) is 1. The number of carbonyl (C=O) groups is 1. The van der Waals surface area contributed by atoms with E-state index in [1.54, 1.807) is 16.8 Å². The number of hydrogen-bond donors (Lipinski definition) is 2. The minimum atomic E-state index is -0.465. The van der Waals surface area contributed by atoms with Crippen molar-refractivity contribution in [2.24, 2.45) is 0 Å². The van der Waals surface area contributed by atoms with Crippen LogP contribution in [-0.4, -0.2) is 10.5 Å². The lowest BCUT2D eigenvalue weighted by molar-refractivity contribution is 0.101. The van der Waals surface area contributed by atoms with E-state index >= 15 is 0 Å². The van der Waals surface area contributed by atoms with Crippen molar-refractivity contribution in [3.63, 3.8) is 0 Å². The molecule has 0 saturated heterocycles. The maximum Gasteiger partial charge on any atom is 0.272 e. The van der Waals surface area contributed by atoms with Crippen LogP contribution >= 0.6 is 11.6 Å². The maximum atomic E-state index is 13.2. The molecule has 1 amide bonds. The van der Waals surface area contributed by atoms with Gasteiger partial charge in [-0.05, 0) is 30.7 Å². The number of aromatic nitrogens is 1. The van der Waals surface area contributed by atoms with Gasteiger partial charge in [0, 0.05) is 12.7 Å². The summed E-state index contributed by atoms with van der Waals surface area (Å²) in [7, 11) is 0. The highest BCUT2D eigenvalue weighted by atomic mass is 35.5. The van der Waals surface area contributed by atoms with E-state index in [-0.39, 0.29) is 16.6 Å². The zero-order valence-corrected chi connectivity index (χ0v) is 11.7. The van der Waals surface area contributed by atoms with Crippen LogP contribution in [0.1, 0.15) is 23.8 Å². The first-order valence-electron chi connectivity index (χ1n) is 6.23. The Morgan fingerprint density at radius 1 is 1.45 bits per heavy atom. The van der Waals surface area contributed by atoms with Crippen molar-refractivity contribution in [2.75, 3.05) is 11.1 Å². The number of hydrogen-bond acceptors (Lipinski definition) is 2. The number of amides is 1. The Bertz CT molecular complexity index is 639. The molecule has 1 heterocycles. The highest BCUT2D eigenvalue weighted by Gasteiger charge is 2.14. The molecule has 0 radical (unpaired) electrons. The number of nitrogens with zero attached hydrogens (tertiary/aromatic N) is 1. The number of benzene rings is 1. The van der Waals surface area contributed by atoms with Crippen molar-refractivity contribution >= 4 is 28.9 Å².